The molecule has 0 aliphatic heterocycles. The lowest BCUT2D eigenvalue weighted by molar-refractivity contribution is 0.0952. The Kier molecular flexibility index (Phi) is 2.97. The molecular weight excluding hydrogens is 242 g/mol. The standard InChI is InChI=1S/C13H13N5O/c19-13(15-4-6-18-5-3-14-9-18)10-1-2-11-12(7-10)17-8-16-11/h1-3,5,7-9H,4,6H2,(H,15,19)(H,16,17). The fourth-order valence-electron chi connectivity index (χ4n) is 1.90. The second-order valence-corrected chi connectivity index (χ2v) is 4.19. The third kappa shape index (κ3) is 2.47. The Hall–Kier alpha value is -2.63. The van der Waals surface area contributed by atoms with Crippen molar-refractivity contribution >= 4 is 16.9 Å². The van der Waals surface area contributed by atoms with E-state index in [2.05, 4.69) is 20.3 Å². The summed E-state index contributed by atoms with van der Waals surface area (Å²) in [5.74, 6) is -0.0865. The molecule has 96 valence electrons. The van der Waals surface area contributed by atoms with Gasteiger partial charge in [0, 0.05) is 31.0 Å². The molecule has 0 unspecified atom stereocenters. The van der Waals surface area contributed by atoms with Crippen LogP contribution in [0.25, 0.3) is 11.0 Å². The summed E-state index contributed by atoms with van der Waals surface area (Å²) in [6.07, 6.45) is 6.92. The van der Waals surface area contributed by atoms with E-state index in [1.165, 1.54) is 0 Å². The number of carbonyl (C=O) groups excluding carboxylic acids is 1. The van der Waals surface area contributed by atoms with Crippen LogP contribution in [0.1, 0.15) is 10.4 Å². The fraction of sp³-hybridized carbons (Fsp3) is 0.154. The first-order chi connectivity index (χ1) is 9.33. The second kappa shape index (κ2) is 4.93. The first-order valence-corrected chi connectivity index (χ1v) is 6.00. The van der Waals surface area contributed by atoms with Crippen LogP contribution in [0.4, 0.5) is 0 Å². The Morgan fingerprint density at radius 1 is 1.42 bits per heavy atom. The average Bonchev–Trinajstić information content (AvgIpc) is 3.08. The lowest BCUT2D eigenvalue weighted by Gasteiger charge is -2.05. The summed E-state index contributed by atoms with van der Waals surface area (Å²) in [6, 6.07) is 5.40. The second-order valence-electron chi connectivity index (χ2n) is 4.19. The highest BCUT2D eigenvalue weighted by atomic mass is 16.1. The van der Waals surface area contributed by atoms with Gasteiger partial charge in [-0.2, -0.15) is 0 Å². The van der Waals surface area contributed by atoms with E-state index in [-0.39, 0.29) is 5.91 Å². The van der Waals surface area contributed by atoms with E-state index in [0.29, 0.717) is 18.7 Å². The van der Waals surface area contributed by atoms with Gasteiger partial charge in [0.1, 0.15) is 0 Å². The van der Waals surface area contributed by atoms with E-state index in [0.717, 1.165) is 11.0 Å². The van der Waals surface area contributed by atoms with Crippen molar-refractivity contribution in [2.45, 2.75) is 6.54 Å². The summed E-state index contributed by atoms with van der Waals surface area (Å²) in [5.41, 5.74) is 2.35. The number of amides is 1. The number of nitrogens with zero attached hydrogens (tertiary/aromatic N) is 3. The summed E-state index contributed by atoms with van der Waals surface area (Å²) in [5, 5.41) is 2.87. The lowest BCUT2D eigenvalue weighted by Crippen LogP contribution is -2.26. The zero-order chi connectivity index (χ0) is 13.1. The van der Waals surface area contributed by atoms with Gasteiger partial charge in [-0.25, -0.2) is 9.97 Å². The molecule has 0 aliphatic rings. The van der Waals surface area contributed by atoms with E-state index in [4.69, 9.17) is 0 Å². The van der Waals surface area contributed by atoms with Crippen molar-refractivity contribution in [3.63, 3.8) is 0 Å². The lowest BCUT2D eigenvalue weighted by atomic mass is 10.2. The van der Waals surface area contributed by atoms with Crippen LogP contribution in [0.3, 0.4) is 0 Å². The molecule has 1 amide bonds. The monoisotopic (exact) mass is 255 g/mol. The maximum absolute atomic E-state index is 12.0. The maximum atomic E-state index is 12.0. The minimum absolute atomic E-state index is 0.0865. The number of aromatic amines is 1. The Balaban J connectivity index is 1.63. The zero-order valence-corrected chi connectivity index (χ0v) is 10.2. The van der Waals surface area contributed by atoms with Gasteiger partial charge in [-0.15, -0.1) is 0 Å². The van der Waals surface area contributed by atoms with E-state index >= 15 is 0 Å². The molecule has 3 rings (SSSR count). The molecule has 3 aromatic rings. The van der Waals surface area contributed by atoms with Gasteiger partial charge in [-0.3, -0.25) is 4.79 Å². The van der Waals surface area contributed by atoms with Crippen LogP contribution in [0.15, 0.2) is 43.2 Å². The fourth-order valence-corrected chi connectivity index (χ4v) is 1.90. The molecule has 6 heteroatoms. The topological polar surface area (TPSA) is 75.6 Å². The molecule has 19 heavy (non-hydrogen) atoms. The molecule has 0 saturated carbocycles. The van der Waals surface area contributed by atoms with Crippen molar-refractivity contribution < 1.29 is 4.79 Å². The molecular formula is C13H13N5O. The van der Waals surface area contributed by atoms with Crippen LogP contribution in [-0.4, -0.2) is 32.0 Å². The zero-order valence-electron chi connectivity index (χ0n) is 10.2. The van der Waals surface area contributed by atoms with Crippen molar-refractivity contribution in [1.29, 1.82) is 0 Å². The molecule has 2 heterocycles. The quantitative estimate of drug-likeness (QED) is 0.735. The highest BCUT2D eigenvalue weighted by molar-refractivity contribution is 5.97. The van der Waals surface area contributed by atoms with Gasteiger partial charge in [-0.05, 0) is 18.2 Å². The Morgan fingerprint density at radius 2 is 2.37 bits per heavy atom. The Morgan fingerprint density at radius 3 is 3.21 bits per heavy atom. The first-order valence-electron chi connectivity index (χ1n) is 6.00. The molecule has 6 nitrogen and oxygen atoms in total. The van der Waals surface area contributed by atoms with Gasteiger partial charge in [0.05, 0.1) is 23.7 Å². The van der Waals surface area contributed by atoms with Crippen LogP contribution in [0.2, 0.25) is 0 Å². The first kappa shape index (κ1) is 11.5. The highest BCUT2D eigenvalue weighted by Crippen LogP contribution is 2.11. The van der Waals surface area contributed by atoms with Crippen LogP contribution < -0.4 is 5.32 Å². The van der Waals surface area contributed by atoms with Crippen molar-refractivity contribution in [3.8, 4) is 0 Å². The third-order valence-electron chi connectivity index (χ3n) is 2.90. The van der Waals surface area contributed by atoms with Gasteiger partial charge in [0.25, 0.3) is 5.91 Å². The number of nitrogens with one attached hydrogen (secondary N) is 2. The number of fused-ring (bicyclic) bond motifs is 1. The van der Waals surface area contributed by atoms with Crippen molar-refractivity contribution in [2.24, 2.45) is 0 Å². The number of hydrogen-bond donors (Lipinski definition) is 2. The molecule has 0 bridgehead atoms. The molecule has 0 spiro atoms. The number of rotatable bonds is 4. The van der Waals surface area contributed by atoms with Gasteiger partial charge in [0.2, 0.25) is 0 Å². The number of aromatic nitrogens is 4. The summed E-state index contributed by atoms with van der Waals surface area (Å²) in [7, 11) is 0. The Labute approximate surface area is 109 Å². The number of hydrogen-bond acceptors (Lipinski definition) is 3. The molecule has 1 aromatic carbocycles. The largest absolute Gasteiger partial charge is 0.350 e. The van der Waals surface area contributed by atoms with Gasteiger partial charge < -0.3 is 14.9 Å². The predicted molar refractivity (Wildman–Crippen MR) is 70.7 cm³/mol. The molecule has 0 saturated heterocycles. The van der Waals surface area contributed by atoms with E-state index in [1.807, 2.05) is 16.8 Å². The third-order valence-corrected chi connectivity index (χ3v) is 2.90. The van der Waals surface area contributed by atoms with Gasteiger partial charge in [-0.1, -0.05) is 0 Å². The number of carbonyl (C=O) groups is 1. The molecule has 0 aliphatic carbocycles. The molecule has 0 fully saturated rings. The van der Waals surface area contributed by atoms with E-state index in [1.54, 1.807) is 31.0 Å². The molecule has 0 radical (unpaired) electrons. The summed E-state index contributed by atoms with van der Waals surface area (Å²) < 4.78 is 1.92. The Bertz CT molecular complexity index is 686. The van der Waals surface area contributed by atoms with Crippen LogP contribution in [-0.2, 0) is 6.54 Å². The maximum Gasteiger partial charge on any atom is 0.251 e. The van der Waals surface area contributed by atoms with Crippen molar-refractivity contribution in [3.05, 3.63) is 48.8 Å². The molecule has 2 aromatic heterocycles. The highest BCUT2D eigenvalue weighted by Gasteiger charge is 2.06. The number of imidazole rings is 2. The summed E-state index contributed by atoms with van der Waals surface area (Å²) >= 11 is 0. The minimum atomic E-state index is -0.0865. The predicted octanol–water partition coefficient (Wildman–Crippen LogP) is 1.19. The molecule has 0 atom stereocenters. The van der Waals surface area contributed by atoms with Gasteiger partial charge in [0.15, 0.2) is 0 Å². The van der Waals surface area contributed by atoms with Crippen molar-refractivity contribution in [2.75, 3.05) is 6.54 Å². The smallest absolute Gasteiger partial charge is 0.251 e. The SMILES string of the molecule is O=C(NCCn1ccnc1)c1ccc2nc[nH]c2c1. The average molecular weight is 255 g/mol. The van der Waals surface area contributed by atoms with Crippen LogP contribution >= 0.6 is 0 Å². The van der Waals surface area contributed by atoms with Crippen LogP contribution in [0, 0.1) is 0 Å². The summed E-state index contributed by atoms with van der Waals surface area (Å²) in [4.78, 5) is 23.0. The minimum Gasteiger partial charge on any atom is -0.350 e. The van der Waals surface area contributed by atoms with E-state index in [9.17, 15) is 4.79 Å². The van der Waals surface area contributed by atoms with Crippen LogP contribution in [0.5, 0.6) is 0 Å². The van der Waals surface area contributed by atoms with E-state index < -0.39 is 0 Å². The molecule has 2 N–H and O–H groups in total. The number of benzene rings is 1. The normalized spacial score (nSPS) is 10.7. The van der Waals surface area contributed by atoms with Gasteiger partial charge >= 0.3 is 0 Å². The summed E-state index contributed by atoms with van der Waals surface area (Å²) in [6.45, 7) is 1.27. The van der Waals surface area contributed by atoms with Crippen molar-refractivity contribution in [1.82, 2.24) is 24.8 Å². The number of H-pyrrole nitrogens is 1.